The topological polar surface area (TPSA) is 95.7 Å². The van der Waals surface area contributed by atoms with Gasteiger partial charge in [-0.1, -0.05) is 19.1 Å². The molecule has 0 spiro atoms. The van der Waals surface area contributed by atoms with E-state index in [1.165, 1.54) is 6.26 Å². The number of nitrogens with zero attached hydrogens (tertiary/aromatic N) is 2. The van der Waals surface area contributed by atoms with Gasteiger partial charge in [0.15, 0.2) is 5.76 Å². The number of pyridine rings is 1. The highest BCUT2D eigenvalue weighted by Crippen LogP contribution is 2.23. The Labute approximate surface area is 175 Å². The highest BCUT2D eigenvalue weighted by atomic mass is 16.3. The molecule has 3 aromatic rings. The quantitative estimate of drug-likeness (QED) is 0.594. The van der Waals surface area contributed by atoms with Gasteiger partial charge in [0.2, 0.25) is 0 Å². The van der Waals surface area contributed by atoms with E-state index in [4.69, 9.17) is 4.42 Å². The van der Waals surface area contributed by atoms with Crippen molar-refractivity contribution in [2.75, 3.05) is 11.9 Å². The van der Waals surface area contributed by atoms with Gasteiger partial charge in [-0.3, -0.25) is 14.6 Å². The molecule has 0 aliphatic carbocycles. The lowest BCUT2D eigenvalue weighted by molar-refractivity contribution is 0.0559. The van der Waals surface area contributed by atoms with Crippen molar-refractivity contribution < 1.29 is 19.1 Å². The Morgan fingerprint density at radius 1 is 1.17 bits per heavy atom. The fraction of sp³-hybridized carbons (Fsp3) is 0.261. The van der Waals surface area contributed by atoms with Crippen molar-refractivity contribution in [3.63, 3.8) is 0 Å². The van der Waals surface area contributed by atoms with Crippen LogP contribution >= 0.6 is 0 Å². The van der Waals surface area contributed by atoms with E-state index >= 15 is 0 Å². The second-order valence-corrected chi connectivity index (χ2v) is 6.91. The molecular weight excluding hydrogens is 382 g/mol. The zero-order valence-electron chi connectivity index (χ0n) is 17.0. The van der Waals surface area contributed by atoms with Crippen LogP contribution in [0.25, 0.3) is 0 Å². The van der Waals surface area contributed by atoms with Crippen LogP contribution in [0.4, 0.5) is 5.69 Å². The summed E-state index contributed by atoms with van der Waals surface area (Å²) in [5.41, 5.74) is 2.35. The van der Waals surface area contributed by atoms with E-state index < -0.39 is 0 Å². The summed E-state index contributed by atoms with van der Waals surface area (Å²) in [6, 6.07) is 13.6. The monoisotopic (exact) mass is 407 g/mol. The molecule has 2 amide bonds. The van der Waals surface area contributed by atoms with Gasteiger partial charge in [0.1, 0.15) is 0 Å². The molecule has 7 nitrogen and oxygen atoms in total. The summed E-state index contributed by atoms with van der Waals surface area (Å²) in [7, 11) is 0. The first-order valence-corrected chi connectivity index (χ1v) is 9.81. The molecule has 3 rings (SSSR count). The first-order chi connectivity index (χ1) is 14.5. The number of carbonyl (C=O) groups excluding carboxylic acids is 2. The van der Waals surface area contributed by atoms with Crippen molar-refractivity contribution in [1.82, 2.24) is 9.88 Å². The lowest BCUT2D eigenvalue weighted by Crippen LogP contribution is -2.42. The van der Waals surface area contributed by atoms with Gasteiger partial charge in [0.25, 0.3) is 11.8 Å². The minimum atomic E-state index is -0.389. The number of amides is 2. The van der Waals surface area contributed by atoms with Crippen molar-refractivity contribution in [2.45, 2.75) is 32.9 Å². The van der Waals surface area contributed by atoms with Crippen molar-refractivity contribution >= 4 is 17.5 Å². The smallest absolute Gasteiger partial charge is 0.291 e. The van der Waals surface area contributed by atoms with Gasteiger partial charge in [-0.15, -0.1) is 0 Å². The summed E-state index contributed by atoms with van der Waals surface area (Å²) in [5, 5.41) is 12.6. The van der Waals surface area contributed by atoms with E-state index in [2.05, 4.69) is 10.3 Å². The molecule has 30 heavy (non-hydrogen) atoms. The number of rotatable bonds is 8. The molecule has 0 fully saturated rings. The minimum Gasteiger partial charge on any atom is -0.459 e. The van der Waals surface area contributed by atoms with Crippen molar-refractivity contribution in [1.29, 1.82) is 0 Å². The van der Waals surface area contributed by atoms with Gasteiger partial charge >= 0.3 is 0 Å². The highest BCUT2D eigenvalue weighted by molar-refractivity contribution is 6.04. The molecular formula is C23H25N3O4. The molecule has 0 saturated heterocycles. The molecule has 2 heterocycles. The van der Waals surface area contributed by atoms with Crippen LogP contribution in [0.1, 0.15) is 45.5 Å². The Hall–Kier alpha value is -3.45. The molecule has 2 aromatic heterocycles. The minimum absolute atomic E-state index is 0.150. The van der Waals surface area contributed by atoms with Gasteiger partial charge in [-0.25, -0.2) is 0 Å². The van der Waals surface area contributed by atoms with E-state index in [0.717, 1.165) is 5.69 Å². The zero-order chi connectivity index (χ0) is 21.5. The van der Waals surface area contributed by atoms with Crippen LogP contribution in [0.2, 0.25) is 0 Å². The number of nitrogens with one attached hydrogen (secondary N) is 1. The van der Waals surface area contributed by atoms with E-state index in [0.29, 0.717) is 23.2 Å². The predicted octanol–water partition coefficient (Wildman–Crippen LogP) is 3.65. The van der Waals surface area contributed by atoms with E-state index in [-0.39, 0.29) is 36.8 Å². The molecule has 156 valence electrons. The predicted molar refractivity (Wildman–Crippen MR) is 113 cm³/mol. The Morgan fingerprint density at radius 3 is 2.63 bits per heavy atom. The maximum Gasteiger partial charge on any atom is 0.291 e. The van der Waals surface area contributed by atoms with Crippen LogP contribution in [0.5, 0.6) is 0 Å². The summed E-state index contributed by atoms with van der Waals surface area (Å²) >= 11 is 0. The molecule has 1 atom stereocenters. The third-order valence-electron chi connectivity index (χ3n) is 5.00. The van der Waals surface area contributed by atoms with Gasteiger partial charge in [0.05, 0.1) is 31.2 Å². The average Bonchev–Trinajstić information content (AvgIpc) is 3.31. The summed E-state index contributed by atoms with van der Waals surface area (Å²) in [4.78, 5) is 31.7. The molecule has 1 unspecified atom stereocenters. The Kier molecular flexibility index (Phi) is 6.98. The number of carbonyl (C=O) groups is 2. The number of hydrogen-bond donors (Lipinski definition) is 2. The SMILES string of the molecule is CCC(CO)N(Cc1ccccn1)C(=O)c1cccc(NC(=O)c2ccco2)c1C. The van der Waals surface area contributed by atoms with Crippen LogP contribution in [-0.2, 0) is 6.54 Å². The number of aromatic nitrogens is 1. The molecule has 0 saturated carbocycles. The number of aliphatic hydroxyl groups excluding tert-OH is 1. The maximum absolute atomic E-state index is 13.5. The molecule has 0 radical (unpaired) electrons. The van der Waals surface area contributed by atoms with Crippen LogP contribution in [0, 0.1) is 6.92 Å². The highest BCUT2D eigenvalue weighted by Gasteiger charge is 2.26. The third kappa shape index (κ3) is 4.75. The number of aliphatic hydroxyl groups is 1. The van der Waals surface area contributed by atoms with E-state index in [1.807, 2.05) is 25.1 Å². The molecule has 0 aliphatic rings. The summed E-state index contributed by atoms with van der Waals surface area (Å²) in [6.45, 7) is 3.83. The Bertz CT molecular complexity index is 983. The van der Waals surface area contributed by atoms with E-state index in [9.17, 15) is 14.7 Å². The van der Waals surface area contributed by atoms with Crippen LogP contribution in [-0.4, -0.2) is 39.5 Å². The molecule has 1 aromatic carbocycles. The molecule has 0 aliphatic heterocycles. The third-order valence-corrected chi connectivity index (χ3v) is 5.00. The van der Waals surface area contributed by atoms with Crippen molar-refractivity contribution in [2.24, 2.45) is 0 Å². The standard InChI is InChI=1S/C23H25N3O4/c1-3-18(15-27)26(14-17-8-4-5-12-24-17)23(29)19-9-6-10-20(16(19)2)25-22(28)21-11-7-13-30-21/h4-13,18,27H,3,14-15H2,1-2H3,(H,25,28). The average molecular weight is 407 g/mol. The fourth-order valence-corrected chi connectivity index (χ4v) is 3.23. The van der Waals surface area contributed by atoms with Gasteiger partial charge in [-0.2, -0.15) is 0 Å². The normalized spacial score (nSPS) is 11.7. The van der Waals surface area contributed by atoms with E-state index in [1.54, 1.807) is 48.4 Å². The molecule has 7 heteroatoms. The zero-order valence-corrected chi connectivity index (χ0v) is 17.0. The fourth-order valence-electron chi connectivity index (χ4n) is 3.23. The number of hydrogen-bond acceptors (Lipinski definition) is 5. The summed E-state index contributed by atoms with van der Waals surface area (Å²) in [6.07, 6.45) is 3.70. The second-order valence-electron chi connectivity index (χ2n) is 6.91. The molecule has 0 bridgehead atoms. The molecule has 2 N–H and O–H groups in total. The summed E-state index contributed by atoms with van der Waals surface area (Å²) in [5.74, 6) is -0.429. The first kappa shape index (κ1) is 21.3. The summed E-state index contributed by atoms with van der Waals surface area (Å²) < 4.78 is 5.13. The van der Waals surface area contributed by atoms with Crippen LogP contribution < -0.4 is 5.32 Å². The Morgan fingerprint density at radius 2 is 2.00 bits per heavy atom. The lowest BCUT2D eigenvalue weighted by Gasteiger charge is -2.30. The second kappa shape index (κ2) is 9.84. The largest absolute Gasteiger partial charge is 0.459 e. The van der Waals surface area contributed by atoms with Gasteiger partial charge in [0, 0.05) is 17.4 Å². The number of furan rings is 1. The lowest BCUT2D eigenvalue weighted by atomic mass is 10.0. The van der Waals surface area contributed by atoms with Crippen molar-refractivity contribution in [3.05, 3.63) is 83.6 Å². The number of benzene rings is 1. The number of anilines is 1. The van der Waals surface area contributed by atoms with Gasteiger partial charge < -0.3 is 19.7 Å². The Balaban J connectivity index is 1.89. The van der Waals surface area contributed by atoms with Crippen LogP contribution in [0.3, 0.4) is 0 Å². The van der Waals surface area contributed by atoms with Crippen molar-refractivity contribution in [3.8, 4) is 0 Å². The van der Waals surface area contributed by atoms with Gasteiger partial charge in [-0.05, 0) is 55.3 Å². The van der Waals surface area contributed by atoms with Crippen LogP contribution in [0.15, 0.2) is 65.4 Å². The first-order valence-electron chi connectivity index (χ1n) is 9.81. The maximum atomic E-state index is 13.5.